The second-order valence-electron chi connectivity index (χ2n) is 12.3. The number of benzene rings is 3. The zero-order valence-corrected chi connectivity index (χ0v) is 25.2. The third-order valence-corrected chi connectivity index (χ3v) is 9.63. The van der Waals surface area contributed by atoms with Crippen molar-refractivity contribution in [2.75, 3.05) is 19.4 Å². The number of nitrogens with two attached hydrogens (primary N) is 1. The summed E-state index contributed by atoms with van der Waals surface area (Å²) in [4.78, 5) is 54.1. The molecule has 0 saturated heterocycles. The van der Waals surface area contributed by atoms with Crippen LogP contribution in [-0.4, -0.2) is 85.7 Å². The number of hydrogen-bond donors (Lipinski definition) is 7. The number of fused-ring (bicyclic) bond motifs is 4. The number of likely N-dealkylation sites (N-methyl/N-ethyl adjacent to an activating group) is 1. The highest BCUT2D eigenvalue weighted by atomic mass is 16.4. The van der Waals surface area contributed by atoms with E-state index in [4.69, 9.17) is 5.73 Å². The lowest BCUT2D eigenvalue weighted by molar-refractivity contribution is -0.169. The van der Waals surface area contributed by atoms with Crippen molar-refractivity contribution < 1.29 is 44.7 Å². The number of Topliss-reactive ketones (excluding diaryl/α,β-unsaturated/α-hetero) is 2. The fourth-order valence-electron chi connectivity index (χ4n) is 7.53. The minimum absolute atomic E-state index is 0.0257. The third kappa shape index (κ3) is 4.25. The van der Waals surface area contributed by atoms with Crippen LogP contribution in [0.15, 0.2) is 71.5 Å². The fourth-order valence-corrected chi connectivity index (χ4v) is 7.53. The lowest BCUT2D eigenvalue weighted by Gasteiger charge is -2.53. The Bertz CT molecular complexity index is 1920. The monoisotopic (exact) mass is 627 g/mol. The Labute approximate surface area is 263 Å². The minimum atomic E-state index is -3.01. The largest absolute Gasteiger partial charge is 0.508 e. The molecule has 1 saturated carbocycles. The number of rotatable bonds is 5. The van der Waals surface area contributed by atoms with E-state index in [9.17, 15) is 44.7 Å². The van der Waals surface area contributed by atoms with Crippen molar-refractivity contribution >= 4 is 45.6 Å². The van der Waals surface area contributed by atoms with E-state index in [-0.39, 0.29) is 17.7 Å². The molecule has 46 heavy (non-hydrogen) atoms. The number of nitrogens with zero attached hydrogens (tertiary/aromatic N) is 1. The predicted octanol–water partition coefficient (Wildman–Crippen LogP) is 1.83. The Hall–Kier alpha value is -5.04. The second-order valence-corrected chi connectivity index (χ2v) is 12.3. The molecule has 0 bridgehead atoms. The van der Waals surface area contributed by atoms with Crippen LogP contribution in [0.25, 0.3) is 16.5 Å². The molecule has 0 aromatic heterocycles. The van der Waals surface area contributed by atoms with Crippen LogP contribution < -0.4 is 11.1 Å². The first-order valence-electron chi connectivity index (χ1n) is 14.7. The Morgan fingerprint density at radius 3 is 2.35 bits per heavy atom. The molecule has 0 spiro atoms. The Morgan fingerprint density at radius 2 is 1.67 bits per heavy atom. The Morgan fingerprint density at radius 1 is 1.00 bits per heavy atom. The maximum absolute atomic E-state index is 14.2. The summed E-state index contributed by atoms with van der Waals surface area (Å²) in [6.07, 6.45) is -1.72. The van der Waals surface area contributed by atoms with Gasteiger partial charge >= 0.3 is 0 Å². The van der Waals surface area contributed by atoms with E-state index in [2.05, 4.69) is 5.32 Å². The first kappa shape index (κ1) is 31.0. The number of nitrogens with one attached hydrogen (secondary N) is 1. The van der Waals surface area contributed by atoms with Crippen LogP contribution in [0.4, 0.5) is 5.69 Å². The summed E-state index contributed by atoms with van der Waals surface area (Å²) in [5, 5.41) is 62.0. The number of anilines is 1. The van der Waals surface area contributed by atoms with Gasteiger partial charge in [0, 0.05) is 11.5 Å². The standard InChI is InChI=1S/C34H33N3O9/c1-14-17-11-12-19(36-20(38)13-16-9-6-8-15-7-4-5-10-18(15)16)27(39)22(17)28(40)23-21(14)29(41)25-26(37(2)3)30(42)24(33(35)45)32(44)34(25,46)31(23)43/h4-12,14,21,25-26,29,39-41,44,46H,13H2,1-3H3,(H2,35,45)(H,36,38)/t14-,21+,25+,26-,29-,34-/m1/s1. The van der Waals surface area contributed by atoms with Crippen molar-refractivity contribution in [3.63, 3.8) is 0 Å². The second kappa shape index (κ2) is 10.8. The first-order valence-corrected chi connectivity index (χ1v) is 14.7. The summed E-state index contributed by atoms with van der Waals surface area (Å²) < 4.78 is 0. The maximum atomic E-state index is 14.2. The molecule has 12 heteroatoms. The fraction of sp³-hybridized carbons (Fsp3) is 0.294. The van der Waals surface area contributed by atoms with Gasteiger partial charge in [0.2, 0.25) is 11.7 Å². The Balaban J connectivity index is 1.43. The van der Waals surface area contributed by atoms with E-state index < -0.39 is 87.3 Å². The quantitative estimate of drug-likeness (QED) is 0.161. The van der Waals surface area contributed by atoms with Gasteiger partial charge in [0.05, 0.1) is 35.7 Å². The van der Waals surface area contributed by atoms with Crippen LogP contribution in [0.2, 0.25) is 0 Å². The van der Waals surface area contributed by atoms with Crippen LogP contribution in [0, 0.1) is 11.8 Å². The van der Waals surface area contributed by atoms with E-state index in [1.165, 1.54) is 31.1 Å². The van der Waals surface area contributed by atoms with Crippen LogP contribution >= 0.6 is 0 Å². The van der Waals surface area contributed by atoms with Crippen molar-refractivity contribution in [3.05, 3.63) is 88.2 Å². The van der Waals surface area contributed by atoms with Crippen molar-refractivity contribution in [2.45, 2.75) is 37.0 Å². The molecule has 3 aromatic carbocycles. The molecule has 3 aliphatic rings. The molecule has 0 unspecified atom stereocenters. The van der Waals surface area contributed by atoms with E-state index in [0.29, 0.717) is 5.56 Å². The number of primary amides is 1. The predicted molar refractivity (Wildman–Crippen MR) is 167 cm³/mol. The SMILES string of the molecule is C[C@@H]1c2ccc(NC(=O)Cc3cccc4ccccc34)c(O)c2C(O)=C2C(=O)[C@@]3(O)C(O)=C(C(N)=O)C(=O)[C@H](N(C)C)[C@H]3[C@H](O)[C@H]21. The summed E-state index contributed by atoms with van der Waals surface area (Å²) in [5.74, 6) is -10.3. The summed E-state index contributed by atoms with van der Waals surface area (Å²) in [5.41, 5.74) is 1.66. The van der Waals surface area contributed by atoms with Gasteiger partial charge in [-0.2, -0.15) is 0 Å². The molecule has 0 heterocycles. The summed E-state index contributed by atoms with van der Waals surface area (Å²) in [7, 11) is 2.88. The number of aromatic hydroxyl groups is 1. The number of aliphatic hydroxyl groups excluding tert-OH is 3. The zero-order chi connectivity index (χ0) is 33.4. The molecule has 6 atom stereocenters. The summed E-state index contributed by atoms with van der Waals surface area (Å²) in [6.45, 7) is 1.63. The number of amides is 2. The highest BCUT2D eigenvalue weighted by Crippen LogP contribution is 2.56. The highest BCUT2D eigenvalue weighted by Gasteiger charge is 2.68. The molecule has 0 radical (unpaired) electrons. The van der Waals surface area contributed by atoms with Gasteiger partial charge in [0.15, 0.2) is 11.4 Å². The minimum Gasteiger partial charge on any atom is -0.508 e. The normalized spacial score (nSPS) is 27.4. The number of aliphatic hydroxyl groups is 4. The summed E-state index contributed by atoms with van der Waals surface area (Å²) >= 11 is 0. The number of carbonyl (C=O) groups is 4. The van der Waals surface area contributed by atoms with Gasteiger partial charge in [-0.3, -0.25) is 24.1 Å². The molecule has 12 nitrogen and oxygen atoms in total. The molecule has 8 N–H and O–H groups in total. The number of carbonyl (C=O) groups excluding carboxylic acids is 4. The molecule has 238 valence electrons. The lowest BCUT2D eigenvalue weighted by Crippen LogP contribution is -2.70. The first-order chi connectivity index (χ1) is 21.7. The number of phenols is 1. The molecule has 1 fully saturated rings. The molecule has 0 aliphatic heterocycles. The van der Waals surface area contributed by atoms with Gasteiger partial charge in [0.1, 0.15) is 22.8 Å². The van der Waals surface area contributed by atoms with E-state index in [1.807, 2.05) is 42.5 Å². The van der Waals surface area contributed by atoms with Crippen molar-refractivity contribution in [3.8, 4) is 5.75 Å². The average molecular weight is 628 g/mol. The van der Waals surface area contributed by atoms with Crippen LogP contribution in [-0.2, 0) is 25.6 Å². The van der Waals surface area contributed by atoms with E-state index in [1.54, 1.807) is 6.92 Å². The van der Waals surface area contributed by atoms with E-state index >= 15 is 0 Å². The molecular weight excluding hydrogens is 594 g/mol. The summed E-state index contributed by atoms with van der Waals surface area (Å²) in [6, 6.07) is 14.7. The molecule has 3 aromatic rings. The van der Waals surface area contributed by atoms with Gasteiger partial charge in [-0.25, -0.2) is 0 Å². The zero-order valence-electron chi connectivity index (χ0n) is 25.2. The van der Waals surface area contributed by atoms with Crippen molar-refractivity contribution in [1.29, 1.82) is 0 Å². The number of ketones is 2. The number of hydrogen-bond acceptors (Lipinski definition) is 10. The van der Waals surface area contributed by atoms with Crippen LogP contribution in [0.3, 0.4) is 0 Å². The smallest absolute Gasteiger partial charge is 0.255 e. The lowest BCUT2D eigenvalue weighted by atomic mass is 9.54. The van der Waals surface area contributed by atoms with Gasteiger partial charge in [-0.15, -0.1) is 0 Å². The van der Waals surface area contributed by atoms with Crippen molar-refractivity contribution in [2.24, 2.45) is 17.6 Å². The highest BCUT2D eigenvalue weighted by molar-refractivity contribution is 6.24. The van der Waals surface area contributed by atoms with Crippen LogP contribution in [0.1, 0.15) is 29.5 Å². The van der Waals surface area contributed by atoms with E-state index in [0.717, 1.165) is 16.3 Å². The maximum Gasteiger partial charge on any atom is 0.255 e. The van der Waals surface area contributed by atoms with Gasteiger partial charge < -0.3 is 36.6 Å². The van der Waals surface area contributed by atoms with Gasteiger partial charge in [-0.1, -0.05) is 55.5 Å². The molecule has 2 amide bonds. The van der Waals surface area contributed by atoms with Crippen LogP contribution in [0.5, 0.6) is 5.75 Å². The molecule has 6 rings (SSSR count). The Kier molecular flexibility index (Phi) is 7.27. The van der Waals surface area contributed by atoms with Gasteiger partial charge in [-0.05, 0) is 48.0 Å². The van der Waals surface area contributed by atoms with Crippen molar-refractivity contribution in [1.82, 2.24) is 4.90 Å². The average Bonchev–Trinajstić information content (AvgIpc) is 3.00. The number of phenolic OH excluding ortho intramolecular Hbond substituents is 1. The molecular formula is C34H33N3O9. The third-order valence-electron chi connectivity index (χ3n) is 9.63. The molecule has 3 aliphatic carbocycles. The topological polar surface area (TPSA) is 211 Å². The van der Waals surface area contributed by atoms with Gasteiger partial charge in [0.25, 0.3) is 5.91 Å².